The van der Waals surface area contributed by atoms with Crippen molar-refractivity contribution in [3.8, 4) is 11.5 Å². The first kappa shape index (κ1) is 15.0. The Morgan fingerprint density at radius 3 is 2.53 bits per heavy atom. The molecule has 5 nitrogen and oxygen atoms in total. The fraction of sp³-hybridized carbons (Fsp3) is 0.357. The third kappa shape index (κ3) is 5.92. The van der Waals surface area contributed by atoms with Crippen LogP contribution in [0.15, 0.2) is 36.9 Å². The van der Waals surface area contributed by atoms with Gasteiger partial charge in [0, 0.05) is 6.08 Å². The Bertz CT molecular complexity index is 414. The third-order valence-corrected chi connectivity index (χ3v) is 2.08. The van der Waals surface area contributed by atoms with E-state index in [2.05, 4.69) is 6.58 Å². The molecule has 0 heterocycles. The van der Waals surface area contributed by atoms with Crippen LogP contribution >= 0.6 is 0 Å². The number of carbonyl (C=O) groups excluding carboxylic acids is 1. The number of aliphatic hydroxyl groups is 1. The van der Waals surface area contributed by atoms with Crippen LogP contribution in [0.3, 0.4) is 0 Å². The van der Waals surface area contributed by atoms with Crippen LogP contribution < -0.4 is 9.47 Å². The van der Waals surface area contributed by atoms with E-state index in [1.165, 1.54) is 0 Å². The van der Waals surface area contributed by atoms with Crippen molar-refractivity contribution in [2.75, 3.05) is 19.8 Å². The largest absolute Gasteiger partial charge is 0.487 e. The minimum atomic E-state index is -0.554. The summed E-state index contributed by atoms with van der Waals surface area (Å²) in [5.41, 5.74) is 0. The first-order chi connectivity index (χ1) is 9.13. The van der Waals surface area contributed by atoms with Gasteiger partial charge in [0.15, 0.2) is 11.5 Å². The lowest BCUT2D eigenvalue weighted by Crippen LogP contribution is -2.14. The molecular formula is C14H18O5. The maximum Gasteiger partial charge on any atom is 0.330 e. The van der Waals surface area contributed by atoms with E-state index in [0.29, 0.717) is 11.5 Å². The molecule has 0 aliphatic heterocycles. The second-order valence-electron chi connectivity index (χ2n) is 3.83. The topological polar surface area (TPSA) is 65.0 Å². The average molecular weight is 266 g/mol. The molecule has 0 amide bonds. The highest BCUT2D eigenvalue weighted by atomic mass is 16.6. The molecule has 0 saturated carbocycles. The number of esters is 1. The van der Waals surface area contributed by atoms with Crippen LogP contribution in [0.2, 0.25) is 0 Å². The van der Waals surface area contributed by atoms with Gasteiger partial charge < -0.3 is 19.3 Å². The second kappa shape index (κ2) is 8.16. The summed E-state index contributed by atoms with van der Waals surface area (Å²) in [7, 11) is 0. The summed E-state index contributed by atoms with van der Waals surface area (Å²) < 4.78 is 15.6. The highest BCUT2D eigenvalue weighted by molar-refractivity contribution is 5.81. The number of hydrogen-bond acceptors (Lipinski definition) is 5. The molecule has 19 heavy (non-hydrogen) atoms. The fourth-order valence-electron chi connectivity index (χ4n) is 1.25. The summed E-state index contributed by atoms with van der Waals surface area (Å²) in [4.78, 5) is 10.8. The molecule has 1 unspecified atom stereocenters. The van der Waals surface area contributed by atoms with Crippen molar-refractivity contribution in [3.05, 3.63) is 36.9 Å². The first-order valence-electron chi connectivity index (χ1n) is 5.95. The Kier molecular flexibility index (Phi) is 6.46. The Morgan fingerprint density at radius 1 is 1.32 bits per heavy atom. The van der Waals surface area contributed by atoms with Crippen LogP contribution in [0.25, 0.3) is 0 Å². The van der Waals surface area contributed by atoms with Gasteiger partial charge in [0.1, 0.15) is 19.8 Å². The number of hydrogen-bond donors (Lipinski definition) is 1. The second-order valence-corrected chi connectivity index (χ2v) is 3.83. The Morgan fingerprint density at radius 2 is 1.95 bits per heavy atom. The fourth-order valence-corrected chi connectivity index (χ4v) is 1.25. The molecule has 0 fully saturated rings. The van der Waals surface area contributed by atoms with Gasteiger partial charge in [0.05, 0.1) is 6.10 Å². The zero-order valence-electron chi connectivity index (χ0n) is 10.9. The van der Waals surface area contributed by atoms with E-state index in [0.717, 1.165) is 6.08 Å². The summed E-state index contributed by atoms with van der Waals surface area (Å²) >= 11 is 0. The van der Waals surface area contributed by atoms with Gasteiger partial charge in [-0.2, -0.15) is 0 Å². The van der Waals surface area contributed by atoms with E-state index in [-0.39, 0.29) is 19.8 Å². The first-order valence-corrected chi connectivity index (χ1v) is 5.95. The smallest absolute Gasteiger partial charge is 0.330 e. The van der Waals surface area contributed by atoms with E-state index in [1.807, 2.05) is 6.07 Å². The molecule has 1 atom stereocenters. The Labute approximate surface area is 112 Å². The van der Waals surface area contributed by atoms with Gasteiger partial charge >= 0.3 is 5.97 Å². The number of ether oxygens (including phenoxy) is 3. The zero-order chi connectivity index (χ0) is 14.1. The van der Waals surface area contributed by atoms with Gasteiger partial charge in [-0.15, -0.1) is 0 Å². The Balaban J connectivity index is 2.43. The number of aliphatic hydroxyl groups excluding tert-OH is 1. The quantitative estimate of drug-likeness (QED) is 0.439. The molecular weight excluding hydrogens is 248 g/mol. The number of carbonyl (C=O) groups is 1. The van der Waals surface area contributed by atoms with Crippen LogP contribution in [0, 0.1) is 0 Å². The van der Waals surface area contributed by atoms with Gasteiger partial charge in [-0.3, -0.25) is 0 Å². The van der Waals surface area contributed by atoms with Crippen molar-refractivity contribution >= 4 is 5.97 Å². The molecule has 0 aliphatic carbocycles. The highest BCUT2D eigenvalue weighted by Gasteiger charge is 2.06. The van der Waals surface area contributed by atoms with E-state index in [4.69, 9.17) is 14.2 Å². The zero-order valence-corrected chi connectivity index (χ0v) is 10.9. The SMILES string of the molecule is C=CC(=O)OCCOc1ccccc1OCC(C)O. The molecule has 104 valence electrons. The Hall–Kier alpha value is -2.01. The molecule has 0 spiro atoms. The lowest BCUT2D eigenvalue weighted by molar-refractivity contribution is -0.138. The van der Waals surface area contributed by atoms with Gasteiger partial charge in [-0.1, -0.05) is 18.7 Å². The maximum absolute atomic E-state index is 10.8. The predicted octanol–water partition coefficient (Wildman–Crippen LogP) is 1.55. The minimum absolute atomic E-state index is 0.135. The summed E-state index contributed by atoms with van der Waals surface area (Å²) in [6.07, 6.45) is 0.543. The molecule has 1 aromatic rings. The summed E-state index contributed by atoms with van der Waals surface area (Å²) in [5.74, 6) is 0.596. The van der Waals surface area contributed by atoms with Crippen LogP contribution in [0.5, 0.6) is 11.5 Å². The molecule has 0 aliphatic rings. The number of benzene rings is 1. The van der Waals surface area contributed by atoms with Crippen LogP contribution in [0.1, 0.15) is 6.92 Å². The van der Waals surface area contributed by atoms with Gasteiger partial charge in [0.2, 0.25) is 0 Å². The van der Waals surface area contributed by atoms with Crippen molar-refractivity contribution in [2.45, 2.75) is 13.0 Å². The average Bonchev–Trinajstić information content (AvgIpc) is 2.41. The minimum Gasteiger partial charge on any atom is -0.487 e. The molecule has 0 aromatic heterocycles. The van der Waals surface area contributed by atoms with Crippen molar-refractivity contribution in [1.29, 1.82) is 0 Å². The molecule has 0 bridgehead atoms. The predicted molar refractivity (Wildman–Crippen MR) is 70.3 cm³/mol. The highest BCUT2D eigenvalue weighted by Crippen LogP contribution is 2.26. The lowest BCUT2D eigenvalue weighted by atomic mass is 10.3. The standard InChI is InChI=1S/C14H18O5/c1-3-14(16)18-9-8-17-12-6-4-5-7-13(12)19-10-11(2)15/h3-7,11,15H,1,8-10H2,2H3. The molecule has 1 N–H and O–H groups in total. The normalized spacial score (nSPS) is 11.5. The number of rotatable bonds is 8. The molecule has 1 rings (SSSR count). The van der Waals surface area contributed by atoms with E-state index >= 15 is 0 Å². The molecule has 5 heteroatoms. The summed E-state index contributed by atoms with van der Waals surface area (Å²) in [6, 6.07) is 7.10. The summed E-state index contributed by atoms with van der Waals surface area (Å²) in [5, 5.41) is 9.17. The molecule has 0 saturated heterocycles. The molecule has 0 radical (unpaired) electrons. The summed E-state index contributed by atoms with van der Waals surface area (Å²) in [6.45, 7) is 5.47. The van der Waals surface area contributed by atoms with Gasteiger partial charge in [-0.05, 0) is 19.1 Å². The van der Waals surface area contributed by atoms with E-state index < -0.39 is 12.1 Å². The third-order valence-electron chi connectivity index (χ3n) is 2.08. The lowest BCUT2D eigenvalue weighted by Gasteiger charge is -2.13. The van der Waals surface area contributed by atoms with Crippen LogP contribution in [-0.2, 0) is 9.53 Å². The van der Waals surface area contributed by atoms with Crippen molar-refractivity contribution < 1.29 is 24.1 Å². The van der Waals surface area contributed by atoms with Crippen molar-refractivity contribution in [1.82, 2.24) is 0 Å². The molecule has 1 aromatic carbocycles. The van der Waals surface area contributed by atoms with Gasteiger partial charge in [0.25, 0.3) is 0 Å². The number of para-hydroxylation sites is 2. The van der Waals surface area contributed by atoms with Crippen molar-refractivity contribution in [2.24, 2.45) is 0 Å². The maximum atomic E-state index is 10.8. The van der Waals surface area contributed by atoms with E-state index in [1.54, 1.807) is 25.1 Å². The van der Waals surface area contributed by atoms with Crippen molar-refractivity contribution in [3.63, 3.8) is 0 Å². The van der Waals surface area contributed by atoms with Crippen LogP contribution in [0.4, 0.5) is 0 Å². The van der Waals surface area contributed by atoms with E-state index in [9.17, 15) is 9.90 Å². The van der Waals surface area contributed by atoms with Crippen LogP contribution in [-0.4, -0.2) is 37.0 Å². The monoisotopic (exact) mass is 266 g/mol. The van der Waals surface area contributed by atoms with Gasteiger partial charge in [-0.25, -0.2) is 4.79 Å².